The van der Waals surface area contributed by atoms with Gasteiger partial charge in [0.15, 0.2) is 0 Å². The van der Waals surface area contributed by atoms with E-state index < -0.39 is 0 Å². The second-order valence-corrected chi connectivity index (χ2v) is 3.28. The van der Waals surface area contributed by atoms with Crippen molar-refractivity contribution in [1.82, 2.24) is 10.3 Å². The first kappa shape index (κ1) is 9.04. The second-order valence-electron chi connectivity index (χ2n) is 2.44. The Labute approximate surface area is 74.8 Å². The smallest absolute Gasteiger partial charge is 0.304 e. The van der Waals surface area contributed by atoms with Gasteiger partial charge in [0.1, 0.15) is 0 Å². The summed E-state index contributed by atoms with van der Waals surface area (Å²) in [5.41, 5.74) is 0.882. The lowest BCUT2D eigenvalue weighted by molar-refractivity contribution is 0.639. The maximum Gasteiger partial charge on any atom is 0.304 e. The highest BCUT2D eigenvalue weighted by Crippen LogP contribution is 1.94. The molecule has 1 unspecified atom stereocenters. The van der Waals surface area contributed by atoms with Crippen LogP contribution in [0.25, 0.3) is 0 Å². The zero-order chi connectivity index (χ0) is 8.97. The van der Waals surface area contributed by atoms with E-state index in [1.807, 2.05) is 6.92 Å². The molecule has 1 heterocycles. The van der Waals surface area contributed by atoms with Crippen molar-refractivity contribution in [2.24, 2.45) is 0 Å². The molecular weight excluding hydrogens is 172 g/mol. The van der Waals surface area contributed by atoms with Gasteiger partial charge in [-0.3, -0.25) is 10.1 Å². The van der Waals surface area contributed by atoms with Crippen molar-refractivity contribution < 1.29 is 0 Å². The summed E-state index contributed by atoms with van der Waals surface area (Å²) in [5, 5.41) is 4.85. The molecule has 0 spiro atoms. The third-order valence-electron chi connectivity index (χ3n) is 1.42. The molecule has 12 heavy (non-hydrogen) atoms. The third kappa shape index (κ3) is 2.53. The summed E-state index contributed by atoms with van der Waals surface area (Å²) in [6.45, 7) is 2.51. The summed E-state index contributed by atoms with van der Waals surface area (Å²) in [5.74, 6) is 2.54. The Hall–Kier alpha value is -1.05. The number of rotatable bonds is 3. The summed E-state index contributed by atoms with van der Waals surface area (Å²) in [4.78, 5) is 13.4. The Balaban J connectivity index is 2.44. The van der Waals surface area contributed by atoms with Gasteiger partial charge in [-0.2, -0.15) is 0 Å². The normalized spacial score (nSPS) is 12.3. The molecule has 0 aliphatic carbocycles. The molecule has 0 aliphatic rings. The van der Waals surface area contributed by atoms with Crippen LogP contribution < -0.4 is 10.2 Å². The summed E-state index contributed by atoms with van der Waals surface area (Å²) in [6.07, 6.45) is 5.16. The van der Waals surface area contributed by atoms with Crippen LogP contribution in [0.1, 0.15) is 12.6 Å². The molecule has 3 nitrogen and oxygen atoms in total. The molecule has 0 bridgehead atoms. The van der Waals surface area contributed by atoms with E-state index in [1.54, 1.807) is 5.38 Å². The molecule has 2 N–H and O–H groups in total. The number of thiazole rings is 1. The van der Waals surface area contributed by atoms with E-state index in [0.29, 0.717) is 6.54 Å². The number of aromatic nitrogens is 1. The Morgan fingerprint density at radius 2 is 2.67 bits per heavy atom. The molecule has 0 aromatic carbocycles. The Morgan fingerprint density at radius 1 is 1.92 bits per heavy atom. The fourth-order valence-electron chi connectivity index (χ4n) is 0.723. The Morgan fingerprint density at radius 3 is 3.17 bits per heavy atom. The van der Waals surface area contributed by atoms with Crippen molar-refractivity contribution in [3.8, 4) is 12.3 Å². The molecule has 1 aromatic heterocycles. The molecule has 0 saturated carbocycles. The molecule has 1 rings (SSSR count). The first-order valence-corrected chi connectivity index (χ1v) is 4.46. The minimum atomic E-state index is -0.0276. The lowest BCUT2D eigenvalue weighted by atomic mass is 10.3. The van der Waals surface area contributed by atoms with Crippen molar-refractivity contribution in [3.63, 3.8) is 0 Å². The number of hydrogen-bond acceptors (Lipinski definition) is 3. The molecule has 1 atom stereocenters. The molecule has 4 heteroatoms. The highest BCUT2D eigenvalue weighted by molar-refractivity contribution is 7.07. The van der Waals surface area contributed by atoms with E-state index in [2.05, 4.69) is 16.2 Å². The van der Waals surface area contributed by atoms with E-state index in [9.17, 15) is 4.79 Å². The minimum absolute atomic E-state index is 0.0276. The van der Waals surface area contributed by atoms with E-state index in [1.165, 1.54) is 0 Å². The molecule has 64 valence electrons. The number of aromatic amines is 1. The van der Waals surface area contributed by atoms with Gasteiger partial charge in [0.05, 0.1) is 6.04 Å². The molecule has 1 aromatic rings. The van der Waals surface area contributed by atoms with Crippen LogP contribution in [-0.4, -0.2) is 11.0 Å². The predicted octanol–water partition coefficient (Wildman–Crippen LogP) is 0.548. The van der Waals surface area contributed by atoms with E-state index >= 15 is 0 Å². The van der Waals surface area contributed by atoms with Crippen molar-refractivity contribution >= 4 is 11.3 Å². The maximum atomic E-state index is 10.7. The standard InChI is InChI=1S/C8H10N2OS/c1-3-6(2)9-4-7-5-12-8(11)10-7/h1,5-6,9H,4H2,2H3,(H,10,11). The molecule has 0 fully saturated rings. The van der Waals surface area contributed by atoms with Crippen molar-refractivity contribution in [3.05, 3.63) is 20.7 Å². The van der Waals surface area contributed by atoms with Crippen LogP contribution in [-0.2, 0) is 6.54 Å². The zero-order valence-electron chi connectivity index (χ0n) is 6.76. The van der Waals surface area contributed by atoms with Crippen LogP contribution in [0.5, 0.6) is 0 Å². The molecule has 0 saturated heterocycles. The lowest BCUT2D eigenvalue weighted by Gasteiger charge is -2.04. The lowest BCUT2D eigenvalue weighted by Crippen LogP contribution is -2.23. The molecule has 0 radical (unpaired) electrons. The third-order valence-corrected chi connectivity index (χ3v) is 2.14. The first-order valence-electron chi connectivity index (χ1n) is 3.58. The summed E-state index contributed by atoms with van der Waals surface area (Å²) in [7, 11) is 0. The molecular formula is C8H10N2OS. The van der Waals surface area contributed by atoms with Gasteiger partial charge in [0, 0.05) is 17.6 Å². The SMILES string of the molecule is C#CC(C)NCc1csc(=O)[nH]1. The molecule has 0 aliphatic heterocycles. The Bertz CT molecular complexity index is 333. The predicted molar refractivity (Wildman–Crippen MR) is 50.1 cm³/mol. The topological polar surface area (TPSA) is 44.9 Å². The highest BCUT2D eigenvalue weighted by atomic mass is 32.1. The number of hydrogen-bond donors (Lipinski definition) is 2. The van der Waals surface area contributed by atoms with Crippen LogP contribution in [0.2, 0.25) is 0 Å². The Kier molecular flexibility index (Phi) is 3.09. The van der Waals surface area contributed by atoms with Crippen LogP contribution in [0.15, 0.2) is 10.2 Å². The minimum Gasteiger partial charge on any atom is -0.315 e. The zero-order valence-corrected chi connectivity index (χ0v) is 7.57. The van der Waals surface area contributed by atoms with Crippen molar-refractivity contribution in [2.75, 3.05) is 0 Å². The van der Waals surface area contributed by atoms with Gasteiger partial charge in [0.25, 0.3) is 0 Å². The van der Waals surface area contributed by atoms with Gasteiger partial charge in [-0.1, -0.05) is 17.3 Å². The van der Waals surface area contributed by atoms with Crippen molar-refractivity contribution in [2.45, 2.75) is 19.5 Å². The van der Waals surface area contributed by atoms with Gasteiger partial charge in [-0.25, -0.2) is 0 Å². The average Bonchev–Trinajstić information content (AvgIpc) is 2.47. The van der Waals surface area contributed by atoms with Gasteiger partial charge < -0.3 is 4.98 Å². The van der Waals surface area contributed by atoms with Crippen LogP contribution >= 0.6 is 11.3 Å². The van der Waals surface area contributed by atoms with Gasteiger partial charge in [-0.15, -0.1) is 6.42 Å². The average molecular weight is 182 g/mol. The summed E-state index contributed by atoms with van der Waals surface area (Å²) < 4.78 is 0. The fraction of sp³-hybridized carbons (Fsp3) is 0.375. The first-order chi connectivity index (χ1) is 5.72. The van der Waals surface area contributed by atoms with E-state index in [4.69, 9.17) is 6.42 Å². The fourth-order valence-corrected chi connectivity index (χ4v) is 1.30. The summed E-state index contributed by atoms with van der Waals surface area (Å²) >= 11 is 1.16. The highest BCUT2D eigenvalue weighted by Gasteiger charge is 1.98. The summed E-state index contributed by atoms with van der Waals surface area (Å²) in [6, 6.07) is 0.0356. The van der Waals surface area contributed by atoms with E-state index in [-0.39, 0.29) is 10.9 Å². The monoisotopic (exact) mass is 182 g/mol. The van der Waals surface area contributed by atoms with Crippen LogP contribution in [0.3, 0.4) is 0 Å². The largest absolute Gasteiger partial charge is 0.315 e. The van der Waals surface area contributed by atoms with Crippen LogP contribution in [0.4, 0.5) is 0 Å². The van der Waals surface area contributed by atoms with Gasteiger partial charge in [0.2, 0.25) is 0 Å². The van der Waals surface area contributed by atoms with Crippen molar-refractivity contribution in [1.29, 1.82) is 0 Å². The molecule has 0 amide bonds. The van der Waals surface area contributed by atoms with Crippen LogP contribution in [0, 0.1) is 12.3 Å². The second kappa shape index (κ2) is 4.10. The maximum absolute atomic E-state index is 10.7. The number of H-pyrrole nitrogens is 1. The van der Waals surface area contributed by atoms with Gasteiger partial charge in [-0.05, 0) is 6.92 Å². The van der Waals surface area contributed by atoms with Gasteiger partial charge >= 0.3 is 4.87 Å². The van der Waals surface area contributed by atoms with E-state index in [0.717, 1.165) is 17.0 Å². The number of nitrogens with one attached hydrogen (secondary N) is 2. The quantitative estimate of drug-likeness (QED) is 0.670. The number of terminal acetylenes is 1.